The van der Waals surface area contributed by atoms with Gasteiger partial charge in [-0.3, -0.25) is 19.2 Å². The molecular weight excluding hydrogens is 436 g/mol. The number of carbonyl (C=O) groups excluding carboxylic acids is 4. The Bertz CT molecular complexity index is 1320. The third kappa shape index (κ3) is 2.28. The Morgan fingerprint density at radius 2 is 0.882 bits per heavy atom. The molecule has 0 aromatic heterocycles. The van der Waals surface area contributed by atoms with Crippen molar-refractivity contribution >= 4 is 35.0 Å². The van der Waals surface area contributed by atoms with Crippen LogP contribution in [-0.2, 0) is 19.2 Å². The summed E-state index contributed by atoms with van der Waals surface area (Å²) in [6, 6.07) is 6.13. The molecule has 0 radical (unpaired) electrons. The van der Waals surface area contributed by atoms with Gasteiger partial charge in [-0.25, -0.2) is 9.80 Å². The number of aromatic hydroxyl groups is 2. The Kier molecular flexibility index (Phi) is 3.97. The predicted molar refractivity (Wildman–Crippen MR) is 123 cm³/mol. The topological polar surface area (TPSA) is 115 Å². The number of fused-ring (bicyclic) bond motifs is 5. The lowest BCUT2D eigenvalue weighted by molar-refractivity contribution is -0.133. The van der Waals surface area contributed by atoms with E-state index in [0.717, 1.165) is 9.80 Å². The van der Waals surface area contributed by atoms with Gasteiger partial charge in [0.05, 0.1) is 23.2 Å². The van der Waals surface area contributed by atoms with Crippen LogP contribution in [0.25, 0.3) is 22.3 Å². The first kappa shape index (κ1) is 20.9. The van der Waals surface area contributed by atoms with Gasteiger partial charge in [-0.05, 0) is 58.4 Å². The molecule has 3 fully saturated rings. The zero-order chi connectivity index (χ0) is 24.4. The van der Waals surface area contributed by atoms with Crippen molar-refractivity contribution in [1.29, 1.82) is 0 Å². The van der Waals surface area contributed by atoms with Gasteiger partial charge in [0, 0.05) is 11.8 Å². The highest BCUT2D eigenvalue weighted by molar-refractivity contribution is 6.25. The fourth-order valence-electron chi connectivity index (χ4n) is 6.09. The van der Waals surface area contributed by atoms with E-state index in [4.69, 9.17) is 0 Å². The van der Waals surface area contributed by atoms with E-state index in [9.17, 15) is 29.4 Å². The Hall–Kier alpha value is -3.68. The molecule has 1 saturated carbocycles. The van der Waals surface area contributed by atoms with Crippen LogP contribution in [-0.4, -0.2) is 33.8 Å². The molecule has 8 nitrogen and oxygen atoms in total. The average molecular weight is 460 g/mol. The van der Waals surface area contributed by atoms with Crippen LogP contribution < -0.4 is 9.80 Å². The smallest absolute Gasteiger partial charge is 0.238 e. The molecule has 8 heteroatoms. The normalized spacial score (nSPS) is 31.3. The lowest BCUT2D eigenvalue weighted by Gasteiger charge is -2.41. The van der Waals surface area contributed by atoms with E-state index >= 15 is 0 Å². The number of phenols is 2. The van der Waals surface area contributed by atoms with Crippen molar-refractivity contribution in [2.24, 2.45) is 35.5 Å². The van der Waals surface area contributed by atoms with Gasteiger partial charge in [-0.2, -0.15) is 0 Å². The molecule has 2 saturated heterocycles. The van der Waals surface area contributed by atoms with Crippen LogP contribution in [0.1, 0.15) is 27.7 Å². The maximum Gasteiger partial charge on any atom is 0.238 e. The van der Waals surface area contributed by atoms with Crippen molar-refractivity contribution in [3.8, 4) is 33.8 Å². The highest BCUT2D eigenvalue weighted by Gasteiger charge is 2.61. The largest absolute Gasteiger partial charge is 0.506 e. The van der Waals surface area contributed by atoms with E-state index in [1.807, 2.05) is 13.8 Å². The third-order valence-electron chi connectivity index (χ3n) is 8.62. The van der Waals surface area contributed by atoms with Gasteiger partial charge in [-0.15, -0.1) is 0 Å². The summed E-state index contributed by atoms with van der Waals surface area (Å²) in [5.74, 6) is -3.17. The molecular formula is C26H24N2O6. The molecule has 6 atom stereocenters. The third-order valence-corrected chi connectivity index (χ3v) is 8.62. The molecule has 4 aliphatic rings. The van der Waals surface area contributed by atoms with Crippen LogP contribution in [0.15, 0.2) is 24.3 Å². The molecule has 6 rings (SSSR count). The number of benzene rings is 2. The first-order valence-corrected chi connectivity index (χ1v) is 11.5. The molecule has 6 unspecified atom stereocenters. The number of carbonyl (C=O) groups is 4. The maximum atomic E-state index is 13.0. The average Bonchev–Trinajstić information content (AvgIpc) is 3.15. The van der Waals surface area contributed by atoms with Crippen molar-refractivity contribution in [3.63, 3.8) is 0 Å². The summed E-state index contributed by atoms with van der Waals surface area (Å²) in [6.45, 7) is 7.30. The SMILES string of the molecule is CC1C(=O)N(c2cc3c(cc2O)-c2cc(N4C(=O)C5C(C)C(C)C5C4=O)c(O)cc2-3)C(=O)C1C. The number of nitrogens with zero attached hydrogens (tertiary/aromatic N) is 2. The van der Waals surface area contributed by atoms with Gasteiger partial charge in [0.25, 0.3) is 0 Å². The van der Waals surface area contributed by atoms with Crippen molar-refractivity contribution in [2.45, 2.75) is 27.7 Å². The van der Waals surface area contributed by atoms with E-state index in [1.54, 1.807) is 26.0 Å². The highest BCUT2D eigenvalue weighted by atomic mass is 16.3. The van der Waals surface area contributed by atoms with E-state index in [2.05, 4.69) is 0 Å². The quantitative estimate of drug-likeness (QED) is 0.567. The second kappa shape index (κ2) is 6.46. The maximum absolute atomic E-state index is 13.0. The molecule has 174 valence electrons. The minimum atomic E-state index is -0.479. The molecule has 0 bridgehead atoms. The summed E-state index contributed by atoms with van der Waals surface area (Å²) < 4.78 is 0. The monoisotopic (exact) mass is 460 g/mol. The van der Waals surface area contributed by atoms with Crippen LogP contribution in [0.4, 0.5) is 11.4 Å². The fourth-order valence-corrected chi connectivity index (χ4v) is 6.09. The van der Waals surface area contributed by atoms with Gasteiger partial charge in [0.2, 0.25) is 23.6 Å². The number of imide groups is 2. The number of amides is 4. The van der Waals surface area contributed by atoms with E-state index < -0.39 is 11.8 Å². The van der Waals surface area contributed by atoms with Crippen LogP contribution in [0.3, 0.4) is 0 Å². The minimum Gasteiger partial charge on any atom is -0.506 e. The number of rotatable bonds is 2. The minimum absolute atomic E-state index is 0.109. The van der Waals surface area contributed by atoms with E-state index in [-0.39, 0.29) is 70.2 Å². The van der Waals surface area contributed by atoms with Gasteiger partial charge < -0.3 is 10.2 Å². The molecule has 2 aliphatic heterocycles. The Labute approximate surface area is 195 Å². The summed E-state index contributed by atoms with van der Waals surface area (Å²) in [4.78, 5) is 53.4. The predicted octanol–water partition coefficient (Wildman–Crippen LogP) is 3.28. The molecule has 2 N–H and O–H groups in total. The lowest BCUT2D eigenvalue weighted by Crippen LogP contribution is -2.45. The van der Waals surface area contributed by atoms with Crippen molar-refractivity contribution in [1.82, 2.24) is 0 Å². The summed E-state index contributed by atoms with van der Waals surface area (Å²) in [6.07, 6.45) is 0. The van der Waals surface area contributed by atoms with Crippen molar-refractivity contribution < 1.29 is 29.4 Å². The van der Waals surface area contributed by atoms with Crippen molar-refractivity contribution in [2.75, 3.05) is 9.80 Å². The standard InChI is InChI=1S/C26H24N2O6/c1-9-10(2)22-21(9)25(33)28(26(22)34)18-6-14-15-7-19(29)17(5-13(15)16(14)8-20(18)30)27-23(31)11(3)12(4)24(27)32/h5-12,21-22,29-30H,1-4H3. The first-order chi connectivity index (χ1) is 16.0. The second-order valence-electron chi connectivity index (χ2n) is 10.1. The molecule has 4 amide bonds. The number of hydrogen-bond donors (Lipinski definition) is 2. The fraction of sp³-hybridized carbons (Fsp3) is 0.385. The highest BCUT2D eigenvalue weighted by Crippen LogP contribution is 2.57. The zero-order valence-corrected chi connectivity index (χ0v) is 19.2. The Balaban J connectivity index is 1.39. The molecule has 2 aromatic rings. The molecule has 2 aromatic carbocycles. The van der Waals surface area contributed by atoms with Crippen LogP contribution in [0.2, 0.25) is 0 Å². The van der Waals surface area contributed by atoms with Crippen LogP contribution in [0.5, 0.6) is 11.5 Å². The number of hydrogen-bond acceptors (Lipinski definition) is 6. The molecule has 2 aliphatic carbocycles. The molecule has 2 heterocycles. The lowest BCUT2D eigenvalue weighted by atomic mass is 9.59. The first-order valence-electron chi connectivity index (χ1n) is 11.5. The van der Waals surface area contributed by atoms with Crippen molar-refractivity contribution in [3.05, 3.63) is 24.3 Å². The number of phenolic OH excluding ortho intramolecular Hbond substituents is 2. The summed E-state index contributed by atoms with van der Waals surface area (Å²) in [5.41, 5.74) is 2.90. The molecule has 0 spiro atoms. The summed E-state index contributed by atoms with van der Waals surface area (Å²) in [5, 5.41) is 21.5. The Morgan fingerprint density at radius 1 is 0.559 bits per heavy atom. The van der Waals surface area contributed by atoms with Gasteiger partial charge in [0.1, 0.15) is 11.5 Å². The van der Waals surface area contributed by atoms with E-state index in [1.165, 1.54) is 12.1 Å². The van der Waals surface area contributed by atoms with Gasteiger partial charge in [0.15, 0.2) is 0 Å². The van der Waals surface area contributed by atoms with E-state index in [0.29, 0.717) is 22.3 Å². The Morgan fingerprint density at radius 3 is 1.26 bits per heavy atom. The second-order valence-corrected chi connectivity index (χ2v) is 10.1. The summed E-state index contributed by atoms with van der Waals surface area (Å²) in [7, 11) is 0. The van der Waals surface area contributed by atoms with Gasteiger partial charge in [-0.1, -0.05) is 27.7 Å². The van der Waals surface area contributed by atoms with Gasteiger partial charge >= 0.3 is 0 Å². The number of anilines is 2. The van der Waals surface area contributed by atoms with Crippen LogP contribution >= 0.6 is 0 Å². The summed E-state index contributed by atoms with van der Waals surface area (Å²) >= 11 is 0. The zero-order valence-electron chi connectivity index (χ0n) is 19.2. The van der Waals surface area contributed by atoms with Crippen LogP contribution in [0, 0.1) is 35.5 Å². The molecule has 34 heavy (non-hydrogen) atoms.